The largest absolute Gasteiger partial charge is 0.346 e. The predicted molar refractivity (Wildman–Crippen MR) is 47.9 cm³/mol. The van der Waals surface area contributed by atoms with Crippen LogP contribution in [0.2, 0.25) is 0 Å². The molecule has 0 saturated carbocycles. The van der Waals surface area contributed by atoms with Crippen LogP contribution in [0.5, 0.6) is 0 Å². The van der Waals surface area contributed by atoms with E-state index in [0.29, 0.717) is 19.6 Å². The van der Waals surface area contributed by atoms with Crippen molar-refractivity contribution in [1.29, 1.82) is 0 Å². The van der Waals surface area contributed by atoms with Gasteiger partial charge in [0.1, 0.15) is 0 Å². The van der Waals surface area contributed by atoms with E-state index in [9.17, 15) is 9.59 Å². The Kier molecular flexibility index (Phi) is 5.88. The summed E-state index contributed by atoms with van der Waals surface area (Å²) in [4.78, 5) is 31.6. The van der Waals surface area contributed by atoms with E-state index in [0.717, 1.165) is 0 Å². The Hall–Kier alpha value is -1.10. The molecule has 0 spiro atoms. The van der Waals surface area contributed by atoms with Gasteiger partial charge in [-0.15, -0.1) is 0 Å². The highest BCUT2D eigenvalue weighted by atomic mass is 35.5. The lowest BCUT2D eigenvalue weighted by molar-refractivity contribution is -0.147. The quantitative estimate of drug-likeness (QED) is 0.353. The average Bonchev–Trinajstić information content (AvgIpc) is 2.11. The molecule has 0 radical (unpaired) electrons. The van der Waals surface area contributed by atoms with Crippen molar-refractivity contribution in [1.82, 2.24) is 10.2 Å². The summed E-state index contributed by atoms with van der Waals surface area (Å²) < 4.78 is 0. The number of rotatable bonds is 1. The fourth-order valence-corrected chi connectivity index (χ4v) is 0.927. The van der Waals surface area contributed by atoms with Gasteiger partial charge in [0, 0.05) is 19.6 Å². The first-order chi connectivity index (χ1) is 6.17. The Morgan fingerprint density at radius 3 is 2.54 bits per heavy atom. The minimum Gasteiger partial charge on any atom is -0.346 e. The van der Waals surface area contributed by atoms with Crippen LogP contribution >= 0.6 is 11.6 Å². The van der Waals surface area contributed by atoms with Crippen LogP contribution in [0.15, 0.2) is 0 Å². The van der Waals surface area contributed by atoms with Gasteiger partial charge in [0.05, 0.1) is 0 Å². The standard InChI is InChI=1S/C6H10N2O2.CHClO/c1-2-8-4-3-7-5(9)6(8)10;2-1-3/h2-4H2,1H3,(H,7,9);1H. The molecule has 6 heteroatoms. The zero-order chi connectivity index (χ0) is 10.3. The zero-order valence-electron chi connectivity index (χ0n) is 7.25. The molecule has 1 fully saturated rings. The molecule has 0 bridgehead atoms. The monoisotopic (exact) mass is 206 g/mol. The van der Waals surface area contributed by atoms with Crippen molar-refractivity contribution in [2.75, 3.05) is 19.6 Å². The van der Waals surface area contributed by atoms with Crippen LogP contribution in [0.1, 0.15) is 6.92 Å². The third-order valence-electron chi connectivity index (χ3n) is 1.53. The van der Waals surface area contributed by atoms with Crippen LogP contribution in [0.4, 0.5) is 0 Å². The van der Waals surface area contributed by atoms with Gasteiger partial charge in [-0.25, -0.2) is 0 Å². The van der Waals surface area contributed by atoms with Gasteiger partial charge in [-0.2, -0.15) is 0 Å². The van der Waals surface area contributed by atoms with Crippen molar-refractivity contribution in [3.05, 3.63) is 0 Å². The van der Waals surface area contributed by atoms with E-state index in [2.05, 4.69) is 16.9 Å². The number of halogens is 1. The first-order valence-corrected chi connectivity index (χ1v) is 4.22. The summed E-state index contributed by atoms with van der Waals surface area (Å²) in [5.41, 5.74) is 0. The first kappa shape index (κ1) is 11.9. The smallest absolute Gasteiger partial charge is 0.311 e. The number of hydrogen-bond acceptors (Lipinski definition) is 3. The van der Waals surface area contributed by atoms with Crippen LogP contribution in [0, 0.1) is 0 Å². The van der Waals surface area contributed by atoms with Gasteiger partial charge in [0.2, 0.25) is 5.75 Å². The zero-order valence-corrected chi connectivity index (χ0v) is 8.00. The molecule has 74 valence electrons. The highest BCUT2D eigenvalue weighted by Crippen LogP contribution is 1.93. The van der Waals surface area contributed by atoms with Crippen molar-refractivity contribution in [3.63, 3.8) is 0 Å². The molecule has 1 heterocycles. The predicted octanol–water partition coefficient (Wildman–Crippen LogP) is -0.620. The summed E-state index contributed by atoms with van der Waals surface area (Å²) >= 11 is 4.32. The second-order valence-electron chi connectivity index (χ2n) is 2.23. The molecular formula is C7H11ClN2O3. The van der Waals surface area contributed by atoms with E-state index in [4.69, 9.17) is 4.79 Å². The van der Waals surface area contributed by atoms with Gasteiger partial charge in [-0.1, -0.05) is 0 Å². The number of piperazine rings is 1. The van der Waals surface area contributed by atoms with E-state index in [1.807, 2.05) is 6.92 Å². The minimum absolute atomic E-state index is 0.222. The molecule has 0 unspecified atom stereocenters. The summed E-state index contributed by atoms with van der Waals surface area (Å²) in [6.45, 7) is 3.70. The van der Waals surface area contributed by atoms with Crippen molar-refractivity contribution in [3.8, 4) is 0 Å². The Morgan fingerprint density at radius 2 is 2.15 bits per heavy atom. The summed E-state index contributed by atoms with van der Waals surface area (Å²) in [7, 11) is 0. The molecule has 1 aliphatic rings. The van der Waals surface area contributed by atoms with Crippen LogP contribution < -0.4 is 5.32 Å². The number of amides is 2. The maximum absolute atomic E-state index is 10.9. The number of nitrogens with zero attached hydrogens (tertiary/aromatic N) is 1. The lowest BCUT2D eigenvalue weighted by Gasteiger charge is -2.24. The van der Waals surface area contributed by atoms with Crippen molar-refractivity contribution >= 4 is 29.2 Å². The Bertz CT molecular complexity index is 208. The van der Waals surface area contributed by atoms with Gasteiger partial charge in [-0.3, -0.25) is 14.4 Å². The molecule has 0 aliphatic carbocycles. The summed E-state index contributed by atoms with van der Waals surface area (Å²) in [6.07, 6.45) is 0. The first-order valence-electron chi connectivity index (χ1n) is 3.78. The van der Waals surface area contributed by atoms with Gasteiger partial charge in [-0.05, 0) is 18.5 Å². The van der Waals surface area contributed by atoms with Crippen molar-refractivity contribution in [2.45, 2.75) is 6.92 Å². The Balaban J connectivity index is 0.000000424. The lowest BCUT2D eigenvalue weighted by atomic mass is 10.3. The lowest BCUT2D eigenvalue weighted by Crippen LogP contribution is -2.51. The SMILES string of the molecule is CCN1CCNC(=O)C1=O.O=CCl. The van der Waals surface area contributed by atoms with E-state index in [-0.39, 0.29) is 5.75 Å². The number of carbonyl (C=O) groups excluding carboxylic acids is 3. The molecule has 1 rings (SSSR count). The topological polar surface area (TPSA) is 66.5 Å². The molecule has 1 aliphatic heterocycles. The molecule has 0 atom stereocenters. The average molecular weight is 207 g/mol. The van der Waals surface area contributed by atoms with E-state index in [1.54, 1.807) is 0 Å². The third-order valence-corrected chi connectivity index (χ3v) is 1.53. The Labute approximate surface area is 81.0 Å². The van der Waals surface area contributed by atoms with E-state index in [1.165, 1.54) is 4.90 Å². The van der Waals surface area contributed by atoms with Crippen LogP contribution in [0.3, 0.4) is 0 Å². The fraction of sp³-hybridized carbons (Fsp3) is 0.571. The minimum atomic E-state index is -0.479. The molecule has 2 amide bonds. The van der Waals surface area contributed by atoms with E-state index < -0.39 is 11.8 Å². The highest BCUT2D eigenvalue weighted by Gasteiger charge is 2.23. The second-order valence-corrected chi connectivity index (χ2v) is 2.41. The van der Waals surface area contributed by atoms with Gasteiger partial charge in [0.15, 0.2) is 0 Å². The van der Waals surface area contributed by atoms with Gasteiger partial charge < -0.3 is 10.2 Å². The molecule has 0 aromatic rings. The van der Waals surface area contributed by atoms with Crippen molar-refractivity contribution < 1.29 is 14.4 Å². The molecule has 0 aromatic heterocycles. The second kappa shape index (κ2) is 6.42. The van der Waals surface area contributed by atoms with Gasteiger partial charge in [0.25, 0.3) is 0 Å². The summed E-state index contributed by atoms with van der Waals surface area (Å²) in [5.74, 6) is -0.665. The van der Waals surface area contributed by atoms with Crippen LogP contribution in [-0.2, 0) is 14.4 Å². The number of carbonyl (C=O) groups is 3. The molecule has 13 heavy (non-hydrogen) atoms. The fourth-order valence-electron chi connectivity index (χ4n) is 0.927. The number of likely N-dealkylation sites (N-methyl/N-ethyl adjacent to an activating group) is 1. The number of nitrogens with one attached hydrogen (secondary N) is 1. The third kappa shape index (κ3) is 3.89. The van der Waals surface area contributed by atoms with Crippen molar-refractivity contribution in [2.24, 2.45) is 0 Å². The molecular weight excluding hydrogens is 196 g/mol. The van der Waals surface area contributed by atoms with Crippen LogP contribution in [-0.4, -0.2) is 42.1 Å². The molecule has 1 saturated heterocycles. The molecule has 0 aromatic carbocycles. The van der Waals surface area contributed by atoms with Crippen LogP contribution in [0.25, 0.3) is 0 Å². The number of hydrogen-bond donors (Lipinski definition) is 1. The maximum atomic E-state index is 10.9. The molecule has 5 nitrogen and oxygen atoms in total. The maximum Gasteiger partial charge on any atom is 0.311 e. The Morgan fingerprint density at radius 1 is 1.62 bits per heavy atom. The molecule has 1 N–H and O–H groups in total. The summed E-state index contributed by atoms with van der Waals surface area (Å²) in [5, 5.41) is 2.47. The van der Waals surface area contributed by atoms with E-state index >= 15 is 0 Å². The highest BCUT2D eigenvalue weighted by molar-refractivity contribution is 6.54. The summed E-state index contributed by atoms with van der Waals surface area (Å²) in [6, 6.07) is 0. The normalized spacial score (nSPS) is 15.7. The van der Waals surface area contributed by atoms with Gasteiger partial charge >= 0.3 is 11.8 Å².